The lowest BCUT2D eigenvalue weighted by Gasteiger charge is -2.31. The van der Waals surface area contributed by atoms with Crippen LogP contribution in [-0.2, 0) is 14.6 Å². The van der Waals surface area contributed by atoms with Crippen LogP contribution in [0.25, 0.3) is 0 Å². The second kappa shape index (κ2) is 7.42. The first-order valence-electron chi connectivity index (χ1n) is 7.51. The van der Waals surface area contributed by atoms with Crippen molar-refractivity contribution in [1.29, 1.82) is 0 Å². The monoisotopic (exact) mass is 331 g/mol. The Morgan fingerprint density at radius 3 is 2.00 bits per heavy atom. The van der Waals surface area contributed by atoms with Gasteiger partial charge in [0.15, 0.2) is 9.84 Å². The maximum atomic E-state index is 12.5. The van der Waals surface area contributed by atoms with Crippen molar-refractivity contribution in [2.24, 2.45) is 0 Å². The fourth-order valence-electron chi connectivity index (χ4n) is 2.61. The van der Waals surface area contributed by atoms with Gasteiger partial charge in [0, 0.05) is 6.04 Å². The Kier molecular flexibility index (Phi) is 5.55. The number of carbonyl (C=O) groups excluding carboxylic acids is 1. The van der Waals surface area contributed by atoms with E-state index in [1.807, 2.05) is 37.3 Å². The molecule has 2 aromatic carbocycles. The summed E-state index contributed by atoms with van der Waals surface area (Å²) in [5.41, 5.74) is 0.976. The molecule has 0 aliphatic carbocycles. The first kappa shape index (κ1) is 17.2. The molecular weight excluding hydrogens is 310 g/mol. The van der Waals surface area contributed by atoms with Crippen LogP contribution in [-0.4, -0.2) is 31.5 Å². The Bertz CT molecular complexity index is 729. The zero-order valence-electron chi connectivity index (χ0n) is 13.3. The van der Waals surface area contributed by atoms with Gasteiger partial charge in [-0.1, -0.05) is 48.5 Å². The minimum absolute atomic E-state index is 0.104. The maximum absolute atomic E-state index is 12.5. The van der Waals surface area contributed by atoms with Gasteiger partial charge in [-0.05, 0) is 31.5 Å². The molecule has 0 heterocycles. The third-order valence-electron chi connectivity index (χ3n) is 3.92. The smallest absolute Gasteiger partial charge is 0.210 e. The lowest BCUT2D eigenvalue weighted by atomic mass is 10.1. The van der Waals surface area contributed by atoms with Crippen LogP contribution in [0, 0.1) is 0 Å². The maximum Gasteiger partial charge on any atom is 0.210 e. The summed E-state index contributed by atoms with van der Waals surface area (Å²) in [5, 5.41) is 0. The normalized spacial score (nSPS) is 14.0. The number of hydrogen-bond acceptors (Lipinski definition) is 3. The van der Waals surface area contributed by atoms with Crippen LogP contribution < -0.4 is 0 Å². The van der Waals surface area contributed by atoms with Gasteiger partial charge in [-0.3, -0.25) is 4.79 Å². The molecule has 0 saturated carbocycles. The number of carbonyl (C=O) groups is 1. The highest BCUT2D eigenvalue weighted by Gasteiger charge is 2.25. The summed E-state index contributed by atoms with van der Waals surface area (Å²) >= 11 is 0. The third-order valence-corrected chi connectivity index (χ3v) is 5.83. The van der Waals surface area contributed by atoms with Crippen LogP contribution in [0.1, 0.15) is 25.5 Å². The van der Waals surface area contributed by atoms with Crippen molar-refractivity contribution in [1.82, 2.24) is 4.90 Å². The van der Waals surface area contributed by atoms with Gasteiger partial charge < -0.3 is 4.90 Å². The molecule has 2 rings (SSSR count). The van der Waals surface area contributed by atoms with Crippen molar-refractivity contribution in [2.45, 2.75) is 30.8 Å². The van der Waals surface area contributed by atoms with Gasteiger partial charge >= 0.3 is 0 Å². The van der Waals surface area contributed by atoms with Gasteiger partial charge in [0.1, 0.15) is 0 Å². The summed E-state index contributed by atoms with van der Waals surface area (Å²) in [6.07, 6.45) is 0.725. The molecule has 0 aromatic heterocycles. The molecule has 0 spiro atoms. The highest BCUT2D eigenvalue weighted by Crippen LogP contribution is 2.22. The van der Waals surface area contributed by atoms with Crippen LogP contribution in [0.3, 0.4) is 0 Å². The van der Waals surface area contributed by atoms with E-state index in [1.165, 1.54) is 0 Å². The number of benzene rings is 2. The molecule has 0 fully saturated rings. The molecule has 0 aliphatic heterocycles. The Balaban J connectivity index is 2.17. The van der Waals surface area contributed by atoms with E-state index in [1.54, 1.807) is 42.2 Å². The summed E-state index contributed by atoms with van der Waals surface area (Å²) in [4.78, 5) is 13.3. The lowest BCUT2D eigenvalue weighted by Crippen LogP contribution is -2.38. The molecule has 0 saturated heterocycles. The van der Waals surface area contributed by atoms with Gasteiger partial charge in [-0.15, -0.1) is 0 Å². The average Bonchev–Trinajstić information content (AvgIpc) is 2.56. The van der Waals surface area contributed by atoms with Crippen molar-refractivity contribution in [2.75, 3.05) is 5.75 Å². The van der Waals surface area contributed by atoms with E-state index in [0.29, 0.717) is 0 Å². The predicted molar refractivity (Wildman–Crippen MR) is 90.7 cm³/mol. The highest BCUT2D eigenvalue weighted by molar-refractivity contribution is 7.91. The van der Waals surface area contributed by atoms with Crippen molar-refractivity contribution < 1.29 is 13.2 Å². The van der Waals surface area contributed by atoms with Crippen molar-refractivity contribution >= 4 is 16.2 Å². The molecule has 5 heteroatoms. The zero-order valence-corrected chi connectivity index (χ0v) is 14.1. The van der Waals surface area contributed by atoms with Crippen molar-refractivity contribution in [3.05, 3.63) is 66.2 Å². The lowest BCUT2D eigenvalue weighted by molar-refractivity contribution is -0.121. The van der Waals surface area contributed by atoms with E-state index in [-0.39, 0.29) is 16.7 Å². The van der Waals surface area contributed by atoms with Crippen LogP contribution in [0.15, 0.2) is 65.6 Å². The number of hydrogen-bond donors (Lipinski definition) is 0. The Morgan fingerprint density at radius 1 is 0.957 bits per heavy atom. The van der Waals surface area contributed by atoms with Crippen LogP contribution in [0.2, 0.25) is 0 Å². The van der Waals surface area contributed by atoms with Gasteiger partial charge in [0.25, 0.3) is 0 Å². The topological polar surface area (TPSA) is 54.5 Å². The number of rotatable bonds is 7. The molecule has 4 nitrogen and oxygen atoms in total. The first-order valence-corrected chi connectivity index (χ1v) is 9.16. The van der Waals surface area contributed by atoms with E-state index in [9.17, 15) is 13.2 Å². The predicted octanol–water partition coefficient (Wildman–Crippen LogP) is 3.07. The van der Waals surface area contributed by atoms with E-state index in [0.717, 1.165) is 12.0 Å². The summed E-state index contributed by atoms with van der Waals surface area (Å²) < 4.78 is 25.0. The van der Waals surface area contributed by atoms with Gasteiger partial charge in [0.2, 0.25) is 6.41 Å². The molecule has 0 bridgehead atoms. The summed E-state index contributed by atoms with van der Waals surface area (Å²) in [5.74, 6) is -0.104. The van der Waals surface area contributed by atoms with Crippen LogP contribution in [0.4, 0.5) is 0 Å². The van der Waals surface area contributed by atoms with Gasteiger partial charge in [-0.2, -0.15) is 0 Å². The summed E-state index contributed by atoms with van der Waals surface area (Å²) in [6, 6.07) is 17.3. The molecule has 1 amide bonds. The number of sulfone groups is 1. The number of nitrogens with zero attached hydrogens (tertiary/aromatic N) is 1. The van der Waals surface area contributed by atoms with Crippen LogP contribution >= 0.6 is 0 Å². The highest BCUT2D eigenvalue weighted by atomic mass is 32.2. The fourth-order valence-corrected chi connectivity index (χ4v) is 4.18. The SMILES string of the molecule is C[C@@H](CS(=O)(=O)c1ccccc1)N(C=O)[C@@H](C)c1ccccc1. The second-order valence-corrected chi connectivity index (χ2v) is 7.62. The molecule has 0 N–H and O–H groups in total. The molecule has 0 radical (unpaired) electrons. The molecule has 0 aliphatic rings. The average molecular weight is 331 g/mol. The molecule has 122 valence electrons. The van der Waals surface area contributed by atoms with E-state index < -0.39 is 15.9 Å². The van der Waals surface area contributed by atoms with Gasteiger partial charge in [-0.25, -0.2) is 8.42 Å². The van der Waals surface area contributed by atoms with E-state index in [4.69, 9.17) is 0 Å². The Morgan fingerprint density at radius 2 is 1.48 bits per heavy atom. The second-order valence-electron chi connectivity index (χ2n) is 5.58. The summed E-state index contributed by atoms with van der Waals surface area (Å²) in [7, 11) is -3.43. The van der Waals surface area contributed by atoms with Gasteiger partial charge in [0.05, 0.1) is 16.7 Å². The van der Waals surface area contributed by atoms with Crippen molar-refractivity contribution in [3.63, 3.8) is 0 Å². The largest absolute Gasteiger partial charge is 0.335 e. The molecule has 0 unspecified atom stereocenters. The first-order chi connectivity index (χ1) is 11.0. The minimum Gasteiger partial charge on any atom is -0.335 e. The van der Waals surface area contributed by atoms with Crippen molar-refractivity contribution in [3.8, 4) is 0 Å². The quantitative estimate of drug-likeness (QED) is 0.733. The molecule has 2 atom stereocenters. The zero-order chi connectivity index (χ0) is 16.9. The fraction of sp³-hybridized carbons (Fsp3) is 0.278. The van der Waals surface area contributed by atoms with E-state index in [2.05, 4.69) is 0 Å². The standard InChI is InChI=1S/C18H21NO3S/c1-15(13-23(21,22)18-11-7-4-8-12-18)19(14-20)16(2)17-9-5-3-6-10-17/h3-12,14-16H,13H2,1-2H3/t15-,16-/m0/s1. The molecule has 23 heavy (non-hydrogen) atoms. The van der Waals surface area contributed by atoms with E-state index >= 15 is 0 Å². The minimum atomic E-state index is -3.43. The summed E-state index contributed by atoms with van der Waals surface area (Å²) in [6.45, 7) is 3.66. The Labute approximate surface area is 137 Å². The molecular formula is C18H21NO3S. The molecule has 2 aromatic rings. The Hall–Kier alpha value is -2.14. The number of amides is 1. The third kappa shape index (κ3) is 4.20. The van der Waals surface area contributed by atoms with Crippen LogP contribution in [0.5, 0.6) is 0 Å².